The van der Waals surface area contributed by atoms with Gasteiger partial charge in [-0.05, 0) is 35.4 Å². The van der Waals surface area contributed by atoms with Crippen molar-refractivity contribution in [3.8, 4) is 0 Å². The highest BCUT2D eigenvalue weighted by atomic mass is 35.5. The number of rotatable bonds is 3. The van der Waals surface area contributed by atoms with Gasteiger partial charge >= 0.3 is 0 Å². The van der Waals surface area contributed by atoms with Crippen LogP contribution in [0.25, 0.3) is 0 Å². The fraction of sp³-hybridized carbons (Fsp3) is 0.0769. The molecule has 0 saturated carbocycles. The van der Waals surface area contributed by atoms with Crippen LogP contribution in [-0.2, 0) is 4.52 Å². The molecule has 0 aromatic heterocycles. The average Bonchev–Trinajstić information content (AvgIpc) is 2.35. The maximum absolute atomic E-state index is 5.86. The van der Waals surface area contributed by atoms with Crippen molar-refractivity contribution in [3.63, 3.8) is 0 Å². The highest BCUT2D eigenvalue weighted by Gasteiger charge is 2.12. The van der Waals surface area contributed by atoms with E-state index in [1.54, 1.807) is 0 Å². The molecule has 0 saturated heterocycles. The zero-order valence-corrected chi connectivity index (χ0v) is 11.6. The van der Waals surface area contributed by atoms with E-state index in [1.807, 2.05) is 48.5 Å². The zero-order chi connectivity index (χ0) is 12.3. The maximum Gasteiger partial charge on any atom is 0.111 e. The summed E-state index contributed by atoms with van der Waals surface area (Å²) in [5.74, 6) is 0. The van der Waals surface area contributed by atoms with Gasteiger partial charge in [0.1, 0.15) is 6.10 Å². The molecule has 0 aliphatic heterocycles. The Morgan fingerprint density at radius 3 is 1.41 bits per heavy atom. The van der Waals surface area contributed by atoms with Crippen LogP contribution in [0, 0.1) is 0 Å². The molecule has 1 atom stereocenters. The summed E-state index contributed by atoms with van der Waals surface area (Å²) >= 11 is 11.7. The molecule has 0 radical (unpaired) electrons. The third-order valence-corrected chi connectivity index (χ3v) is 3.26. The monoisotopic (exact) mass is 284 g/mol. The Kier molecular flexibility index (Phi) is 4.42. The summed E-state index contributed by atoms with van der Waals surface area (Å²) in [4.78, 5) is 0. The highest BCUT2D eigenvalue weighted by molar-refractivity contribution is 7.09. The SMILES string of the molecule is POC(c1ccc(Cl)cc1)c1ccc(Cl)cc1. The smallest absolute Gasteiger partial charge is 0.111 e. The lowest BCUT2D eigenvalue weighted by Gasteiger charge is -2.16. The Hall–Kier alpha value is -0.590. The molecule has 2 aromatic carbocycles. The third-order valence-electron chi connectivity index (χ3n) is 2.48. The first kappa shape index (κ1) is 12.9. The molecule has 1 unspecified atom stereocenters. The Bertz CT molecular complexity index is 436. The lowest BCUT2D eigenvalue weighted by Crippen LogP contribution is -2.00. The molecule has 0 N–H and O–H groups in total. The predicted molar refractivity (Wildman–Crippen MR) is 75.5 cm³/mol. The van der Waals surface area contributed by atoms with Gasteiger partial charge in [0.2, 0.25) is 0 Å². The topological polar surface area (TPSA) is 9.23 Å². The van der Waals surface area contributed by atoms with Crippen molar-refractivity contribution in [2.75, 3.05) is 0 Å². The molecule has 0 aliphatic carbocycles. The summed E-state index contributed by atoms with van der Waals surface area (Å²) in [6, 6.07) is 15.2. The summed E-state index contributed by atoms with van der Waals surface area (Å²) in [5, 5.41) is 1.43. The van der Waals surface area contributed by atoms with Crippen molar-refractivity contribution in [2.24, 2.45) is 0 Å². The average molecular weight is 285 g/mol. The summed E-state index contributed by atoms with van der Waals surface area (Å²) < 4.78 is 5.43. The molecule has 0 spiro atoms. The van der Waals surface area contributed by atoms with E-state index in [0.29, 0.717) is 10.0 Å². The van der Waals surface area contributed by atoms with Gasteiger partial charge in [0, 0.05) is 19.5 Å². The highest BCUT2D eigenvalue weighted by Crippen LogP contribution is 2.29. The van der Waals surface area contributed by atoms with Gasteiger partial charge in [0.05, 0.1) is 0 Å². The Morgan fingerprint density at radius 1 is 0.765 bits per heavy atom. The minimum atomic E-state index is -0.130. The van der Waals surface area contributed by atoms with Gasteiger partial charge < -0.3 is 4.52 Å². The minimum Gasteiger partial charge on any atom is -0.353 e. The van der Waals surface area contributed by atoms with Crippen LogP contribution in [0.3, 0.4) is 0 Å². The molecule has 0 heterocycles. The van der Waals surface area contributed by atoms with E-state index in [0.717, 1.165) is 11.1 Å². The molecule has 17 heavy (non-hydrogen) atoms. The van der Waals surface area contributed by atoms with E-state index in [-0.39, 0.29) is 6.10 Å². The van der Waals surface area contributed by atoms with Crippen LogP contribution in [0.5, 0.6) is 0 Å². The van der Waals surface area contributed by atoms with Gasteiger partial charge in [0.25, 0.3) is 0 Å². The van der Waals surface area contributed by atoms with E-state index in [1.165, 1.54) is 0 Å². The van der Waals surface area contributed by atoms with Crippen LogP contribution < -0.4 is 0 Å². The van der Waals surface area contributed by atoms with Crippen LogP contribution in [0.4, 0.5) is 0 Å². The number of halogens is 2. The van der Waals surface area contributed by atoms with Gasteiger partial charge in [-0.25, -0.2) is 0 Å². The second kappa shape index (κ2) is 5.84. The molecular formula is C13H11Cl2OP. The first-order valence-corrected chi connectivity index (χ1v) is 6.30. The van der Waals surface area contributed by atoms with Crippen molar-refractivity contribution in [1.29, 1.82) is 0 Å². The zero-order valence-electron chi connectivity index (χ0n) is 8.94. The second-order valence-electron chi connectivity index (χ2n) is 3.62. The van der Waals surface area contributed by atoms with E-state index in [2.05, 4.69) is 9.47 Å². The quantitative estimate of drug-likeness (QED) is 0.729. The van der Waals surface area contributed by atoms with E-state index in [9.17, 15) is 0 Å². The lowest BCUT2D eigenvalue weighted by molar-refractivity contribution is 0.293. The maximum atomic E-state index is 5.86. The Labute approximate surface area is 113 Å². The molecule has 1 nitrogen and oxygen atoms in total. The van der Waals surface area contributed by atoms with Crippen LogP contribution >= 0.6 is 32.7 Å². The molecule has 0 fully saturated rings. The molecule has 4 heteroatoms. The fourth-order valence-electron chi connectivity index (χ4n) is 1.62. The molecule has 0 aliphatic rings. The molecule has 0 amide bonds. The number of benzene rings is 2. The normalized spacial score (nSPS) is 10.8. The lowest BCUT2D eigenvalue weighted by atomic mass is 10.0. The molecule has 88 valence electrons. The first-order chi connectivity index (χ1) is 8.20. The number of hydrogen-bond donors (Lipinski definition) is 0. The predicted octanol–water partition coefficient (Wildman–Crippen LogP) is 4.89. The van der Waals surface area contributed by atoms with Crippen LogP contribution in [0.2, 0.25) is 10.0 Å². The minimum absolute atomic E-state index is 0.130. The third kappa shape index (κ3) is 3.20. The van der Waals surface area contributed by atoms with Gasteiger partial charge in [-0.15, -0.1) is 0 Å². The largest absolute Gasteiger partial charge is 0.353 e. The number of hydrogen-bond acceptors (Lipinski definition) is 1. The van der Waals surface area contributed by atoms with Gasteiger partial charge in [-0.2, -0.15) is 0 Å². The van der Waals surface area contributed by atoms with Crippen molar-refractivity contribution >= 4 is 32.7 Å². The fourth-order valence-corrected chi connectivity index (χ4v) is 2.19. The summed E-state index contributed by atoms with van der Waals surface area (Å²) in [6.07, 6.45) is -0.130. The Morgan fingerprint density at radius 2 is 1.12 bits per heavy atom. The van der Waals surface area contributed by atoms with Crippen molar-refractivity contribution in [3.05, 3.63) is 69.7 Å². The van der Waals surface area contributed by atoms with Gasteiger partial charge in [0.15, 0.2) is 0 Å². The van der Waals surface area contributed by atoms with Crippen molar-refractivity contribution in [2.45, 2.75) is 6.10 Å². The summed E-state index contributed by atoms with van der Waals surface area (Å²) in [7, 11) is 2.30. The van der Waals surface area contributed by atoms with Crippen LogP contribution in [0.1, 0.15) is 17.2 Å². The second-order valence-corrected chi connectivity index (χ2v) is 4.76. The summed E-state index contributed by atoms with van der Waals surface area (Å²) in [6.45, 7) is 0. The van der Waals surface area contributed by atoms with E-state index in [4.69, 9.17) is 27.7 Å². The van der Waals surface area contributed by atoms with E-state index < -0.39 is 0 Å². The first-order valence-electron chi connectivity index (χ1n) is 5.07. The molecule has 2 rings (SSSR count). The molecular weight excluding hydrogens is 274 g/mol. The van der Waals surface area contributed by atoms with E-state index >= 15 is 0 Å². The van der Waals surface area contributed by atoms with Crippen LogP contribution in [0.15, 0.2) is 48.5 Å². The summed E-state index contributed by atoms with van der Waals surface area (Å²) in [5.41, 5.74) is 2.10. The van der Waals surface area contributed by atoms with Gasteiger partial charge in [-0.3, -0.25) is 0 Å². The molecule has 0 bridgehead atoms. The Balaban J connectivity index is 2.33. The van der Waals surface area contributed by atoms with Crippen molar-refractivity contribution < 1.29 is 4.52 Å². The molecule has 2 aromatic rings. The van der Waals surface area contributed by atoms with Crippen molar-refractivity contribution in [1.82, 2.24) is 0 Å². The standard InChI is InChI=1S/C13H11Cl2OP/c14-11-5-1-9(2-6-11)13(16-17)10-3-7-12(15)8-4-10/h1-8,13H,17H2. The van der Waals surface area contributed by atoms with Gasteiger partial charge in [-0.1, -0.05) is 47.5 Å². The van der Waals surface area contributed by atoms with Crippen LogP contribution in [-0.4, -0.2) is 0 Å².